The van der Waals surface area contributed by atoms with E-state index in [0.717, 1.165) is 13.2 Å². The third-order valence-corrected chi connectivity index (χ3v) is 8.54. The molecule has 0 fully saturated rings. The third-order valence-electron chi connectivity index (χ3n) is 4.04. The summed E-state index contributed by atoms with van der Waals surface area (Å²) in [6.45, 7) is 17.1. The van der Waals surface area contributed by atoms with E-state index in [0.29, 0.717) is 12.6 Å². The number of hydroxylamine groups is 1. The van der Waals surface area contributed by atoms with Crippen LogP contribution in [0, 0.1) is 0 Å². The number of hydrogen-bond donors (Lipinski definition) is 2. The van der Waals surface area contributed by atoms with Gasteiger partial charge in [-0.25, -0.2) is 0 Å². The van der Waals surface area contributed by atoms with E-state index in [9.17, 15) is 0 Å². The quantitative estimate of drug-likeness (QED) is 0.328. The van der Waals surface area contributed by atoms with E-state index >= 15 is 0 Å². The fourth-order valence-electron chi connectivity index (χ4n) is 1.61. The summed E-state index contributed by atoms with van der Waals surface area (Å²) >= 11 is 0. The van der Waals surface area contributed by atoms with Crippen molar-refractivity contribution in [2.24, 2.45) is 0 Å². The molecule has 0 aliphatic carbocycles. The molecule has 0 amide bonds. The second-order valence-electron chi connectivity index (χ2n) is 6.79. The average molecular weight is 299 g/mol. The van der Waals surface area contributed by atoms with Crippen LogP contribution in [0.5, 0.6) is 0 Å². The predicted octanol–water partition coefficient (Wildman–Crippen LogP) is 2.61. The lowest BCUT2D eigenvalue weighted by Crippen LogP contribution is -2.49. The lowest BCUT2D eigenvalue weighted by atomic mass is 10.1. The lowest BCUT2D eigenvalue weighted by Gasteiger charge is -2.37. The van der Waals surface area contributed by atoms with Gasteiger partial charge in [0.05, 0.1) is 19.3 Å². The monoisotopic (exact) mass is 298 g/mol. The Kier molecular flexibility index (Phi) is 6.61. The molecule has 4 nitrogen and oxygen atoms in total. The molecule has 0 saturated carbocycles. The van der Waals surface area contributed by atoms with Crippen molar-refractivity contribution in [1.29, 1.82) is 0 Å². The molecule has 1 aliphatic rings. The SMILES string of the molecule is C=CCONC1C=CC(CO[Si](C)(C)C(C)(C)C)NC1. The van der Waals surface area contributed by atoms with E-state index in [1.54, 1.807) is 6.08 Å². The van der Waals surface area contributed by atoms with Crippen molar-refractivity contribution in [2.45, 2.75) is 51.0 Å². The second-order valence-corrected chi connectivity index (χ2v) is 11.6. The highest BCUT2D eigenvalue weighted by atomic mass is 28.4. The van der Waals surface area contributed by atoms with E-state index < -0.39 is 8.32 Å². The molecule has 0 aromatic heterocycles. The van der Waals surface area contributed by atoms with Gasteiger partial charge in [0.15, 0.2) is 8.32 Å². The summed E-state index contributed by atoms with van der Waals surface area (Å²) < 4.78 is 6.23. The smallest absolute Gasteiger partial charge is 0.192 e. The van der Waals surface area contributed by atoms with E-state index in [4.69, 9.17) is 9.26 Å². The van der Waals surface area contributed by atoms with Gasteiger partial charge in [0, 0.05) is 12.6 Å². The second kappa shape index (κ2) is 7.52. The molecule has 0 bridgehead atoms. The van der Waals surface area contributed by atoms with Crippen molar-refractivity contribution in [3.63, 3.8) is 0 Å². The molecule has 0 aromatic rings. The van der Waals surface area contributed by atoms with Gasteiger partial charge >= 0.3 is 0 Å². The Labute approximate surface area is 124 Å². The van der Waals surface area contributed by atoms with Crippen LogP contribution in [-0.2, 0) is 9.26 Å². The maximum atomic E-state index is 6.23. The van der Waals surface area contributed by atoms with Crippen molar-refractivity contribution in [3.8, 4) is 0 Å². The van der Waals surface area contributed by atoms with Gasteiger partial charge in [0.2, 0.25) is 0 Å². The van der Waals surface area contributed by atoms with Crippen LogP contribution in [0.3, 0.4) is 0 Å². The van der Waals surface area contributed by atoms with Gasteiger partial charge in [-0.05, 0) is 18.1 Å². The fourth-order valence-corrected chi connectivity index (χ4v) is 2.64. The first kappa shape index (κ1) is 17.6. The highest BCUT2D eigenvalue weighted by Gasteiger charge is 2.37. The Bertz CT molecular complexity index is 337. The summed E-state index contributed by atoms with van der Waals surface area (Å²) in [4.78, 5) is 5.23. The normalized spacial score (nSPS) is 23.9. The zero-order valence-corrected chi connectivity index (χ0v) is 14.5. The first-order valence-electron chi connectivity index (χ1n) is 7.30. The molecule has 20 heavy (non-hydrogen) atoms. The van der Waals surface area contributed by atoms with Crippen LogP contribution in [-0.4, -0.2) is 40.2 Å². The zero-order chi connectivity index (χ0) is 15.2. The molecule has 1 rings (SSSR count). The molecule has 1 heterocycles. The van der Waals surface area contributed by atoms with E-state index in [2.05, 4.69) is 63.4 Å². The van der Waals surface area contributed by atoms with E-state index in [1.807, 2.05) is 0 Å². The molecule has 2 atom stereocenters. The zero-order valence-electron chi connectivity index (χ0n) is 13.5. The average Bonchev–Trinajstić information content (AvgIpc) is 2.37. The van der Waals surface area contributed by atoms with Gasteiger partial charge in [-0.2, -0.15) is 5.48 Å². The van der Waals surface area contributed by atoms with Crippen LogP contribution >= 0.6 is 0 Å². The molecule has 116 valence electrons. The van der Waals surface area contributed by atoms with Crippen molar-refractivity contribution in [2.75, 3.05) is 19.8 Å². The van der Waals surface area contributed by atoms with E-state index in [1.165, 1.54) is 0 Å². The summed E-state index contributed by atoms with van der Waals surface area (Å²) in [6, 6.07) is 0.501. The van der Waals surface area contributed by atoms with Crippen molar-refractivity contribution < 1.29 is 9.26 Å². The first-order chi connectivity index (χ1) is 9.26. The molecule has 0 radical (unpaired) electrons. The molecule has 0 spiro atoms. The lowest BCUT2D eigenvalue weighted by molar-refractivity contribution is 0.0441. The molecular weight excluding hydrogens is 268 g/mol. The Morgan fingerprint density at radius 1 is 1.40 bits per heavy atom. The van der Waals surface area contributed by atoms with Gasteiger partial charge in [0.25, 0.3) is 0 Å². The summed E-state index contributed by atoms with van der Waals surface area (Å²) in [6.07, 6.45) is 6.02. The van der Waals surface area contributed by atoms with Crippen molar-refractivity contribution in [3.05, 3.63) is 24.8 Å². The Hall–Kier alpha value is -0.463. The Balaban J connectivity index is 2.34. The highest BCUT2D eigenvalue weighted by Crippen LogP contribution is 2.36. The van der Waals surface area contributed by atoms with Gasteiger partial charge in [-0.3, -0.25) is 4.84 Å². The van der Waals surface area contributed by atoms with E-state index in [-0.39, 0.29) is 11.1 Å². The molecule has 5 heteroatoms. The van der Waals surface area contributed by atoms with Gasteiger partial charge in [-0.1, -0.05) is 39.0 Å². The number of rotatable bonds is 7. The Morgan fingerprint density at radius 2 is 2.10 bits per heavy atom. The first-order valence-corrected chi connectivity index (χ1v) is 10.2. The van der Waals surface area contributed by atoms with Gasteiger partial charge in [0.1, 0.15) is 0 Å². The molecule has 0 saturated heterocycles. The Morgan fingerprint density at radius 3 is 2.60 bits per heavy atom. The van der Waals surface area contributed by atoms with Gasteiger partial charge < -0.3 is 9.74 Å². The summed E-state index contributed by atoms with van der Waals surface area (Å²) in [5.41, 5.74) is 2.99. The van der Waals surface area contributed by atoms with Crippen molar-refractivity contribution in [1.82, 2.24) is 10.8 Å². The molecular formula is C15H30N2O2Si. The summed E-state index contributed by atoms with van der Waals surface area (Å²) in [5.74, 6) is 0. The largest absolute Gasteiger partial charge is 0.415 e. The minimum Gasteiger partial charge on any atom is -0.415 e. The summed E-state index contributed by atoms with van der Waals surface area (Å²) in [7, 11) is -1.66. The number of hydrogen-bond acceptors (Lipinski definition) is 4. The summed E-state index contributed by atoms with van der Waals surface area (Å²) in [5, 5.41) is 3.72. The van der Waals surface area contributed by atoms with Crippen LogP contribution < -0.4 is 10.8 Å². The topological polar surface area (TPSA) is 42.5 Å². The van der Waals surface area contributed by atoms with Crippen LogP contribution in [0.2, 0.25) is 18.1 Å². The highest BCUT2D eigenvalue weighted by molar-refractivity contribution is 6.74. The predicted molar refractivity (Wildman–Crippen MR) is 87.2 cm³/mol. The van der Waals surface area contributed by atoms with Crippen LogP contribution in [0.1, 0.15) is 20.8 Å². The van der Waals surface area contributed by atoms with Crippen LogP contribution in [0.4, 0.5) is 0 Å². The van der Waals surface area contributed by atoms with Crippen LogP contribution in [0.25, 0.3) is 0 Å². The van der Waals surface area contributed by atoms with Crippen molar-refractivity contribution >= 4 is 8.32 Å². The maximum Gasteiger partial charge on any atom is 0.192 e. The number of nitrogens with one attached hydrogen (secondary N) is 2. The fraction of sp³-hybridized carbons (Fsp3) is 0.733. The van der Waals surface area contributed by atoms with Gasteiger partial charge in [-0.15, -0.1) is 6.58 Å². The van der Waals surface area contributed by atoms with Crippen LogP contribution in [0.15, 0.2) is 24.8 Å². The third kappa shape index (κ3) is 5.50. The standard InChI is InChI=1S/C15H30N2O2Si/c1-7-10-18-17-13-8-9-14(16-11-13)12-19-20(5,6)15(2,3)4/h7-9,13-14,16-17H,1,10-12H2,2-6H3. The minimum absolute atomic E-state index is 0.207. The maximum absolute atomic E-state index is 6.23. The molecule has 2 unspecified atom stereocenters. The molecule has 1 aliphatic heterocycles. The molecule has 0 aromatic carbocycles. The minimum atomic E-state index is -1.66. The molecule has 2 N–H and O–H groups in total.